The predicted molar refractivity (Wildman–Crippen MR) is 86.9 cm³/mol. The second kappa shape index (κ2) is 7.46. The van der Waals surface area contributed by atoms with E-state index in [0.717, 1.165) is 24.1 Å². The Labute approximate surface area is 127 Å². The van der Waals surface area contributed by atoms with Crippen molar-refractivity contribution in [3.63, 3.8) is 0 Å². The molecule has 3 N–H and O–H groups in total. The zero-order valence-electron chi connectivity index (χ0n) is 13.5. The van der Waals surface area contributed by atoms with Gasteiger partial charge in [0.25, 0.3) is 0 Å². The molecule has 0 radical (unpaired) electrons. The van der Waals surface area contributed by atoms with Crippen LogP contribution in [0.3, 0.4) is 0 Å². The molecule has 1 aliphatic heterocycles. The van der Waals surface area contributed by atoms with E-state index in [0.29, 0.717) is 6.04 Å². The maximum atomic E-state index is 12.1. The molecule has 1 aliphatic rings. The van der Waals surface area contributed by atoms with Crippen LogP contribution < -0.4 is 15.5 Å². The number of hydrogen-bond donors (Lipinski definition) is 3. The van der Waals surface area contributed by atoms with Gasteiger partial charge in [0.15, 0.2) is 0 Å². The molecule has 4 heteroatoms. The van der Waals surface area contributed by atoms with Crippen LogP contribution in [-0.2, 0) is 0 Å². The first-order valence-corrected chi connectivity index (χ1v) is 8.07. The molecule has 0 bridgehead atoms. The minimum Gasteiger partial charge on any atom is -0.335 e. The lowest BCUT2D eigenvalue weighted by Gasteiger charge is -2.29. The van der Waals surface area contributed by atoms with Gasteiger partial charge in [-0.3, -0.25) is 0 Å². The summed E-state index contributed by atoms with van der Waals surface area (Å²) in [7, 11) is 0. The quantitative estimate of drug-likeness (QED) is 0.779. The number of anilines is 1. The molecule has 1 saturated heterocycles. The second-order valence-electron chi connectivity index (χ2n) is 6.19. The average molecular weight is 290 g/mol. The van der Waals surface area contributed by atoms with E-state index in [2.05, 4.69) is 30.5 Å². The normalized spacial score (nSPS) is 21.9. The summed E-state index contributed by atoms with van der Waals surface area (Å²) in [6.45, 7) is 9.90. The highest BCUT2D eigenvalue weighted by molar-refractivity contribution is 5.90. The summed E-state index contributed by atoms with van der Waals surface area (Å²) in [6.07, 6.45) is 3.39. The Balaban J connectivity index is 1.80. The lowest BCUT2D eigenvalue weighted by Crippen LogP contribution is -3.13. The fourth-order valence-corrected chi connectivity index (χ4v) is 3.07. The summed E-state index contributed by atoms with van der Waals surface area (Å²) in [6, 6.07) is 6.32. The van der Waals surface area contributed by atoms with E-state index >= 15 is 0 Å². The fraction of sp³-hybridized carbons (Fsp3) is 0.588. The van der Waals surface area contributed by atoms with Crippen molar-refractivity contribution in [3.8, 4) is 0 Å². The molecule has 0 aromatic heterocycles. The molecule has 0 spiro atoms. The van der Waals surface area contributed by atoms with Gasteiger partial charge in [-0.05, 0) is 31.9 Å². The average Bonchev–Trinajstić information content (AvgIpc) is 2.44. The summed E-state index contributed by atoms with van der Waals surface area (Å²) in [4.78, 5) is 13.8. The van der Waals surface area contributed by atoms with Crippen LogP contribution in [0.1, 0.15) is 37.3 Å². The van der Waals surface area contributed by atoms with Gasteiger partial charge in [0, 0.05) is 24.6 Å². The first-order valence-electron chi connectivity index (χ1n) is 8.07. The van der Waals surface area contributed by atoms with Crippen LogP contribution in [0, 0.1) is 13.8 Å². The predicted octanol–water partition coefficient (Wildman–Crippen LogP) is 1.88. The van der Waals surface area contributed by atoms with Gasteiger partial charge >= 0.3 is 6.03 Å². The van der Waals surface area contributed by atoms with Gasteiger partial charge in [-0.25, -0.2) is 4.79 Å². The first-order chi connectivity index (χ1) is 10.1. The summed E-state index contributed by atoms with van der Waals surface area (Å²) in [5, 5.41) is 6.07. The second-order valence-corrected chi connectivity index (χ2v) is 6.19. The molecule has 4 nitrogen and oxygen atoms in total. The van der Waals surface area contributed by atoms with Crippen molar-refractivity contribution in [3.05, 3.63) is 29.3 Å². The van der Waals surface area contributed by atoms with Gasteiger partial charge in [0.05, 0.1) is 19.6 Å². The molecule has 116 valence electrons. The molecule has 0 aliphatic carbocycles. The molecule has 21 heavy (non-hydrogen) atoms. The highest BCUT2D eigenvalue weighted by atomic mass is 16.2. The SMILES string of the molecule is CCC[NH+]1CCC(NC(=O)Nc2ccc(C)cc2C)CC1. The molecular weight excluding hydrogens is 262 g/mol. The fourth-order valence-electron chi connectivity index (χ4n) is 3.07. The number of urea groups is 1. The molecule has 0 atom stereocenters. The monoisotopic (exact) mass is 290 g/mol. The van der Waals surface area contributed by atoms with Crippen LogP contribution in [0.25, 0.3) is 0 Å². The van der Waals surface area contributed by atoms with Crippen molar-refractivity contribution in [2.24, 2.45) is 0 Å². The Bertz CT molecular complexity index is 479. The number of nitrogens with one attached hydrogen (secondary N) is 3. The van der Waals surface area contributed by atoms with Gasteiger partial charge in [-0.1, -0.05) is 24.6 Å². The molecule has 2 amide bonds. The molecule has 0 saturated carbocycles. The molecule has 0 unspecified atom stereocenters. The van der Waals surface area contributed by atoms with Crippen molar-refractivity contribution in [2.45, 2.75) is 46.1 Å². The van der Waals surface area contributed by atoms with Crippen molar-refractivity contribution >= 4 is 11.7 Å². The maximum Gasteiger partial charge on any atom is 0.319 e. The van der Waals surface area contributed by atoms with Gasteiger partial charge in [0.1, 0.15) is 0 Å². The van der Waals surface area contributed by atoms with Crippen molar-refractivity contribution in [2.75, 3.05) is 25.0 Å². The number of quaternary nitrogens is 1. The molecule has 1 aromatic rings. The Morgan fingerprint density at radius 1 is 1.29 bits per heavy atom. The zero-order chi connectivity index (χ0) is 15.2. The third-order valence-electron chi connectivity index (χ3n) is 4.26. The Hall–Kier alpha value is -1.55. The van der Waals surface area contributed by atoms with E-state index in [4.69, 9.17) is 0 Å². The van der Waals surface area contributed by atoms with E-state index in [-0.39, 0.29) is 6.03 Å². The molecule has 2 rings (SSSR count). The molecular formula is C17H28N3O+. The van der Waals surface area contributed by atoms with Crippen LogP contribution in [-0.4, -0.2) is 31.7 Å². The van der Waals surface area contributed by atoms with Crippen LogP contribution in [0.5, 0.6) is 0 Å². The first kappa shape index (κ1) is 15.8. The van der Waals surface area contributed by atoms with Crippen LogP contribution in [0.15, 0.2) is 18.2 Å². The van der Waals surface area contributed by atoms with E-state index < -0.39 is 0 Å². The Kier molecular flexibility index (Phi) is 5.62. The Morgan fingerprint density at radius 3 is 2.62 bits per heavy atom. The smallest absolute Gasteiger partial charge is 0.319 e. The van der Waals surface area contributed by atoms with Crippen LogP contribution >= 0.6 is 0 Å². The minimum atomic E-state index is -0.0779. The third kappa shape index (κ3) is 4.74. The number of benzene rings is 1. The lowest BCUT2D eigenvalue weighted by atomic mass is 10.1. The Morgan fingerprint density at radius 2 is 2.00 bits per heavy atom. The number of carbonyl (C=O) groups excluding carboxylic acids is 1. The number of carbonyl (C=O) groups is 1. The summed E-state index contributed by atoms with van der Waals surface area (Å²) in [5.74, 6) is 0. The van der Waals surface area contributed by atoms with E-state index in [1.54, 1.807) is 4.90 Å². The van der Waals surface area contributed by atoms with Crippen LogP contribution in [0.4, 0.5) is 10.5 Å². The zero-order valence-corrected chi connectivity index (χ0v) is 13.5. The number of piperidine rings is 1. The topological polar surface area (TPSA) is 45.6 Å². The molecule has 1 heterocycles. The largest absolute Gasteiger partial charge is 0.335 e. The number of rotatable bonds is 4. The highest BCUT2D eigenvalue weighted by Gasteiger charge is 2.22. The standard InChI is InChI=1S/C17H27N3O/c1-4-9-20-10-7-15(8-11-20)18-17(21)19-16-6-5-13(2)12-14(16)3/h5-6,12,15H,4,7-11H2,1-3H3,(H2,18,19,21)/p+1. The van der Waals surface area contributed by atoms with Crippen molar-refractivity contribution < 1.29 is 9.69 Å². The minimum absolute atomic E-state index is 0.0779. The van der Waals surface area contributed by atoms with Crippen LogP contribution in [0.2, 0.25) is 0 Å². The van der Waals surface area contributed by atoms with E-state index in [1.807, 2.05) is 19.1 Å². The summed E-state index contributed by atoms with van der Waals surface area (Å²) in [5.41, 5.74) is 3.21. The van der Waals surface area contributed by atoms with Crippen molar-refractivity contribution in [1.29, 1.82) is 0 Å². The lowest BCUT2D eigenvalue weighted by molar-refractivity contribution is -0.905. The number of likely N-dealkylation sites (tertiary alicyclic amines) is 1. The number of amides is 2. The summed E-state index contributed by atoms with van der Waals surface area (Å²) >= 11 is 0. The third-order valence-corrected chi connectivity index (χ3v) is 4.26. The van der Waals surface area contributed by atoms with Gasteiger partial charge in [0.2, 0.25) is 0 Å². The van der Waals surface area contributed by atoms with Gasteiger partial charge < -0.3 is 15.5 Å². The molecule has 1 aromatic carbocycles. The number of aryl methyl sites for hydroxylation is 2. The van der Waals surface area contributed by atoms with E-state index in [9.17, 15) is 4.79 Å². The van der Waals surface area contributed by atoms with Crippen molar-refractivity contribution in [1.82, 2.24) is 5.32 Å². The van der Waals surface area contributed by atoms with Gasteiger partial charge in [-0.2, -0.15) is 0 Å². The van der Waals surface area contributed by atoms with Gasteiger partial charge in [-0.15, -0.1) is 0 Å². The van der Waals surface area contributed by atoms with E-state index in [1.165, 1.54) is 31.6 Å². The highest BCUT2D eigenvalue weighted by Crippen LogP contribution is 2.15. The summed E-state index contributed by atoms with van der Waals surface area (Å²) < 4.78 is 0. The maximum absolute atomic E-state index is 12.1. The number of hydrogen-bond acceptors (Lipinski definition) is 1. The molecule has 1 fully saturated rings.